The minimum absolute atomic E-state index is 0.414. The number of fused-ring (bicyclic) bond motifs is 1. The fraction of sp³-hybridized carbons (Fsp3) is 0.417. The van der Waals surface area contributed by atoms with E-state index in [1.807, 2.05) is 6.07 Å². The molecule has 0 aliphatic rings. The van der Waals surface area contributed by atoms with Crippen LogP contribution in [0.2, 0.25) is 5.02 Å². The second-order valence-corrected chi connectivity index (χ2v) is 5.63. The van der Waals surface area contributed by atoms with Gasteiger partial charge in [0.2, 0.25) is 0 Å². The molecule has 86 valence electrons. The molecule has 0 fully saturated rings. The zero-order chi connectivity index (χ0) is 11.9. The van der Waals surface area contributed by atoms with Crippen LogP contribution in [0.15, 0.2) is 6.07 Å². The Hall–Kier alpha value is -0.800. The van der Waals surface area contributed by atoms with Crippen LogP contribution in [-0.4, -0.2) is 4.98 Å². The van der Waals surface area contributed by atoms with Crippen LogP contribution in [0.5, 0.6) is 0 Å². The second kappa shape index (κ2) is 4.22. The van der Waals surface area contributed by atoms with Crippen molar-refractivity contribution in [3.63, 3.8) is 0 Å². The van der Waals surface area contributed by atoms with E-state index in [1.54, 1.807) is 0 Å². The first-order chi connectivity index (χ1) is 7.54. The van der Waals surface area contributed by atoms with E-state index in [0.717, 1.165) is 21.7 Å². The summed E-state index contributed by atoms with van der Waals surface area (Å²) in [5.41, 5.74) is 9.24. The molecule has 0 saturated heterocycles. The average Bonchev–Trinajstić information content (AvgIpc) is 2.55. The summed E-state index contributed by atoms with van der Waals surface area (Å²) in [6.07, 6.45) is 0.930. The molecule has 0 bridgehead atoms. The number of benzene rings is 1. The Morgan fingerprint density at radius 1 is 1.50 bits per heavy atom. The predicted molar refractivity (Wildman–Crippen MR) is 72.5 cm³/mol. The average molecular weight is 255 g/mol. The molecule has 0 saturated carbocycles. The molecule has 0 spiro atoms. The minimum Gasteiger partial charge on any atom is -0.375 e. The van der Waals surface area contributed by atoms with Crippen molar-refractivity contribution in [2.45, 2.75) is 33.1 Å². The third kappa shape index (κ3) is 1.78. The molecule has 2 N–H and O–H groups in total. The Bertz CT molecular complexity index is 531. The van der Waals surface area contributed by atoms with Gasteiger partial charge in [0.25, 0.3) is 0 Å². The fourth-order valence-corrected chi connectivity index (χ4v) is 3.30. The molecule has 2 aromatic rings. The SMILES string of the molecule is CCc1c(Cl)cc2sc(N)nc2c1C(C)C. The van der Waals surface area contributed by atoms with E-state index < -0.39 is 0 Å². The van der Waals surface area contributed by atoms with E-state index in [2.05, 4.69) is 25.8 Å². The highest BCUT2D eigenvalue weighted by molar-refractivity contribution is 7.22. The summed E-state index contributed by atoms with van der Waals surface area (Å²) in [4.78, 5) is 4.42. The van der Waals surface area contributed by atoms with Crippen LogP contribution in [0.4, 0.5) is 5.13 Å². The summed E-state index contributed by atoms with van der Waals surface area (Å²) < 4.78 is 1.09. The number of halogens is 1. The monoisotopic (exact) mass is 254 g/mol. The molecule has 16 heavy (non-hydrogen) atoms. The number of nitrogens with zero attached hydrogens (tertiary/aromatic N) is 1. The molecule has 1 aromatic carbocycles. The lowest BCUT2D eigenvalue weighted by Crippen LogP contribution is -1.98. The number of anilines is 1. The molecule has 0 radical (unpaired) electrons. The summed E-state index contributed by atoms with van der Waals surface area (Å²) in [5, 5.41) is 1.45. The van der Waals surface area contributed by atoms with E-state index in [9.17, 15) is 0 Å². The summed E-state index contributed by atoms with van der Waals surface area (Å²) in [7, 11) is 0. The molecular formula is C12H15ClN2S. The summed E-state index contributed by atoms with van der Waals surface area (Å²) in [6.45, 7) is 6.45. The van der Waals surface area contributed by atoms with Gasteiger partial charge in [-0.25, -0.2) is 4.98 Å². The standard InChI is InChI=1S/C12H15ClN2S/c1-4-7-8(13)5-9-11(10(7)6(2)3)15-12(14)16-9/h5-6H,4H2,1-3H3,(H2,14,15). The molecule has 2 rings (SSSR count). The number of rotatable bonds is 2. The number of aromatic nitrogens is 1. The molecule has 0 unspecified atom stereocenters. The molecule has 0 aliphatic carbocycles. The van der Waals surface area contributed by atoms with Gasteiger partial charge in [-0.1, -0.05) is 43.7 Å². The first-order valence-electron chi connectivity index (χ1n) is 5.41. The lowest BCUT2D eigenvalue weighted by molar-refractivity contribution is 0.852. The van der Waals surface area contributed by atoms with Crippen LogP contribution in [0, 0.1) is 0 Å². The van der Waals surface area contributed by atoms with Gasteiger partial charge < -0.3 is 5.73 Å². The van der Waals surface area contributed by atoms with Crippen molar-refractivity contribution in [3.05, 3.63) is 22.2 Å². The Kier molecular flexibility index (Phi) is 3.08. The number of nitrogen functional groups attached to an aromatic ring is 1. The predicted octanol–water partition coefficient (Wildman–Crippen LogP) is 4.22. The largest absolute Gasteiger partial charge is 0.375 e. The van der Waals surface area contributed by atoms with Crippen LogP contribution < -0.4 is 5.73 Å². The van der Waals surface area contributed by atoms with Gasteiger partial charge in [-0.3, -0.25) is 0 Å². The summed E-state index contributed by atoms with van der Waals surface area (Å²) in [6, 6.07) is 1.98. The summed E-state index contributed by atoms with van der Waals surface area (Å²) in [5.74, 6) is 0.414. The molecule has 0 aliphatic heterocycles. The maximum Gasteiger partial charge on any atom is 0.181 e. The van der Waals surface area contributed by atoms with Crippen molar-refractivity contribution in [2.75, 3.05) is 5.73 Å². The van der Waals surface area contributed by atoms with E-state index in [1.165, 1.54) is 22.5 Å². The van der Waals surface area contributed by atoms with Crippen LogP contribution in [0.25, 0.3) is 10.2 Å². The lowest BCUT2D eigenvalue weighted by atomic mass is 9.94. The second-order valence-electron chi connectivity index (χ2n) is 4.16. The maximum atomic E-state index is 6.30. The number of hydrogen-bond donors (Lipinski definition) is 1. The Morgan fingerprint density at radius 3 is 2.75 bits per heavy atom. The van der Waals surface area contributed by atoms with Gasteiger partial charge in [0.15, 0.2) is 5.13 Å². The van der Waals surface area contributed by atoms with Crippen molar-refractivity contribution in [1.82, 2.24) is 4.98 Å². The normalized spacial score (nSPS) is 11.6. The van der Waals surface area contributed by atoms with Crippen LogP contribution in [0.1, 0.15) is 37.8 Å². The fourth-order valence-electron chi connectivity index (χ4n) is 2.09. The van der Waals surface area contributed by atoms with Gasteiger partial charge in [-0.15, -0.1) is 0 Å². The highest BCUT2D eigenvalue weighted by Gasteiger charge is 2.16. The zero-order valence-electron chi connectivity index (χ0n) is 9.67. The first kappa shape index (κ1) is 11.7. The topological polar surface area (TPSA) is 38.9 Å². The molecule has 0 amide bonds. The molecule has 0 atom stereocenters. The molecular weight excluding hydrogens is 240 g/mol. The Balaban J connectivity index is 2.86. The number of hydrogen-bond acceptors (Lipinski definition) is 3. The van der Waals surface area contributed by atoms with Crippen molar-refractivity contribution in [2.24, 2.45) is 0 Å². The van der Waals surface area contributed by atoms with Gasteiger partial charge >= 0.3 is 0 Å². The zero-order valence-corrected chi connectivity index (χ0v) is 11.2. The van der Waals surface area contributed by atoms with E-state index in [-0.39, 0.29) is 0 Å². The highest BCUT2D eigenvalue weighted by atomic mass is 35.5. The van der Waals surface area contributed by atoms with Crippen LogP contribution >= 0.6 is 22.9 Å². The smallest absolute Gasteiger partial charge is 0.181 e. The maximum absolute atomic E-state index is 6.30. The molecule has 1 heterocycles. The van der Waals surface area contributed by atoms with E-state index in [0.29, 0.717) is 11.0 Å². The van der Waals surface area contributed by atoms with Gasteiger partial charge in [0.05, 0.1) is 10.2 Å². The Labute approximate surface area is 104 Å². The van der Waals surface area contributed by atoms with Gasteiger partial charge in [0.1, 0.15) is 0 Å². The third-order valence-electron chi connectivity index (χ3n) is 2.73. The van der Waals surface area contributed by atoms with E-state index >= 15 is 0 Å². The number of nitrogens with two attached hydrogens (primary N) is 1. The molecule has 4 heteroatoms. The van der Waals surface area contributed by atoms with Gasteiger partial charge in [0, 0.05) is 5.02 Å². The molecule has 1 aromatic heterocycles. The van der Waals surface area contributed by atoms with Crippen molar-refractivity contribution in [3.8, 4) is 0 Å². The van der Waals surface area contributed by atoms with E-state index in [4.69, 9.17) is 17.3 Å². The number of thiazole rings is 1. The van der Waals surface area contributed by atoms with Gasteiger partial charge in [-0.05, 0) is 29.5 Å². The quantitative estimate of drug-likeness (QED) is 0.872. The van der Waals surface area contributed by atoms with Crippen LogP contribution in [-0.2, 0) is 6.42 Å². The van der Waals surface area contributed by atoms with Crippen LogP contribution in [0.3, 0.4) is 0 Å². The summed E-state index contributed by atoms with van der Waals surface area (Å²) >= 11 is 7.80. The first-order valence-corrected chi connectivity index (χ1v) is 6.61. The Morgan fingerprint density at radius 2 is 2.19 bits per heavy atom. The van der Waals surface area contributed by atoms with Crippen molar-refractivity contribution < 1.29 is 0 Å². The molecule has 2 nitrogen and oxygen atoms in total. The lowest BCUT2D eigenvalue weighted by Gasteiger charge is -2.13. The van der Waals surface area contributed by atoms with Gasteiger partial charge in [-0.2, -0.15) is 0 Å². The third-order valence-corrected chi connectivity index (χ3v) is 3.90. The highest BCUT2D eigenvalue weighted by Crippen LogP contribution is 2.37. The van der Waals surface area contributed by atoms with Crippen molar-refractivity contribution in [1.29, 1.82) is 0 Å². The van der Waals surface area contributed by atoms with Crippen molar-refractivity contribution >= 4 is 38.3 Å². The minimum atomic E-state index is 0.414.